The summed E-state index contributed by atoms with van der Waals surface area (Å²) >= 11 is 5.79. The van der Waals surface area contributed by atoms with Gasteiger partial charge in [0.1, 0.15) is 5.15 Å². The fourth-order valence-corrected chi connectivity index (χ4v) is 4.46. The number of hydrogen-bond donors (Lipinski definition) is 0. The smallest absolute Gasteiger partial charge is 0.369 e. The van der Waals surface area contributed by atoms with Gasteiger partial charge in [-0.05, 0) is 30.3 Å². The molecule has 3 heterocycles. The average molecular weight is 460 g/mol. The lowest BCUT2D eigenvalue weighted by atomic mass is 10.2. The Morgan fingerprint density at radius 1 is 1.07 bits per heavy atom. The molecule has 0 bridgehead atoms. The maximum Gasteiger partial charge on any atom is 0.416 e. The number of anilines is 1. The van der Waals surface area contributed by atoms with Crippen molar-refractivity contribution >= 4 is 38.2 Å². The van der Waals surface area contributed by atoms with Crippen molar-refractivity contribution < 1.29 is 21.6 Å². The van der Waals surface area contributed by atoms with E-state index >= 15 is 0 Å². The van der Waals surface area contributed by atoms with Crippen molar-refractivity contribution in [1.29, 1.82) is 0 Å². The summed E-state index contributed by atoms with van der Waals surface area (Å²) in [6, 6.07) is 7.11. The van der Waals surface area contributed by atoms with E-state index in [2.05, 4.69) is 15.0 Å². The molecule has 0 amide bonds. The van der Waals surface area contributed by atoms with Crippen LogP contribution < -0.4 is 4.90 Å². The summed E-state index contributed by atoms with van der Waals surface area (Å²) in [5.41, 5.74) is 0.558. The Labute approximate surface area is 175 Å². The Kier molecular flexibility index (Phi) is 5.15. The molecule has 1 fully saturated rings. The first-order valence-corrected chi connectivity index (χ1v) is 11.2. The van der Waals surface area contributed by atoms with Gasteiger partial charge in [-0.15, -0.1) is 0 Å². The number of fused-ring (bicyclic) bond motifs is 1. The monoisotopic (exact) mass is 459 g/mol. The maximum absolute atomic E-state index is 13.1. The van der Waals surface area contributed by atoms with Crippen LogP contribution in [0, 0.1) is 0 Å². The minimum atomic E-state index is -4.55. The van der Waals surface area contributed by atoms with Crippen LogP contribution in [0.25, 0.3) is 16.7 Å². The fourth-order valence-electron chi connectivity index (χ4n) is 3.43. The van der Waals surface area contributed by atoms with Crippen LogP contribution in [0.3, 0.4) is 0 Å². The summed E-state index contributed by atoms with van der Waals surface area (Å²) in [4.78, 5) is 6.03. The third kappa shape index (κ3) is 4.09. The summed E-state index contributed by atoms with van der Waals surface area (Å²) < 4.78 is 65.4. The minimum Gasteiger partial charge on any atom is -0.369 e. The Hall–Kier alpha value is -2.37. The van der Waals surface area contributed by atoms with Gasteiger partial charge in [0.2, 0.25) is 10.0 Å². The number of pyridine rings is 1. The van der Waals surface area contributed by atoms with Gasteiger partial charge in [-0.1, -0.05) is 11.6 Å². The highest BCUT2D eigenvalue weighted by atomic mass is 35.5. The molecule has 12 heteroatoms. The maximum atomic E-state index is 13.1. The number of sulfonamides is 1. The molecule has 3 aromatic rings. The zero-order chi connectivity index (χ0) is 21.7. The lowest BCUT2D eigenvalue weighted by Crippen LogP contribution is -2.48. The third-order valence-corrected chi connectivity index (χ3v) is 6.45. The summed E-state index contributed by atoms with van der Waals surface area (Å²) in [5, 5.41) is 4.62. The molecule has 1 aliphatic rings. The van der Waals surface area contributed by atoms with Gasteiger partial charge in [0.05, 0.1) is 23.5 Å². The van der Waals surface area contributed by atoms with Gasteiger partial charge in [0.15, 0.2) is 5.82 Å². The number of rotatable bonds is 3. The van der Waals surface area contributed by atoms with Gasteiger partial charge in [0, 0.05) is 37.3 Å². The topological polar surface area (TPSA) is 71.3 Å². The van der Waals surface area contributed by atoms with E-state index in [0.29, 0.717) is 37.1 Å². The van der Waals surface area contributed by atoms with Gasteiger partial charge >= 0.3 is 6.18 Å². The van der Waals surface area contributed by atoms with E-state index in [4.69, 9.17) is 11.6 Å². The van der Waals surface area contributed by atoms with Crippen molar-refractivity contribution in [1.82, 2.24) is 19.1 Å². The van der Waals surface area contributed by atoms with Gasteiger partial charge < -0.3 is 4.90 Å². The molecule has 0 radical (unpaired) electrons. The quantitative estimate of drug-likeness (QED) is 0.563. The highest BCUT2D eigenvalue weighted by Gasteiger charge is 2.32. The van der Waals surface area contributed by atoms with E-state index in [1.54, 1.807) is 12.3 Å². The molecule has 0 spiro atoms. The number of benzene rings is 1. The molecule has 4 rings (SSSR count). The van der Waals surface area contributed by atoms with Crippen molar-refractivity contribution in [3.63, 3.8) is 0 Å². The minimum absolute atomic E-state index is 0.0284. The fraction of sp³-hybridized carbons (Fsp3) is 0.333. The average Bonchev–Trinajstić information content (AvgIpc) is 3.09. The van der Waals surface area contributed by atoms with E-state index in [0.717, 1.165) is 17.8 Å². The molecule has 2 aromatic heterocycles. The molecule has 160 valence electrons. The van der Waals surface area contributed by atoms with Crippen LogP contribution in [0.2, 0.25) is 5.15 Å². The number of halogens is 4. The van der Waals surface area contributed by atoms with Crippen LogP contribution in [-0.4, -0.2) is 59.9 Å². The van der Waals surface area contributed by atoms with Gasteiger partial charge in [-0.2, -0.15) is 22.6 Å². The molecular weight excluding hydrogens is 443 g/mol. The Bertz CT molecular complexity index is 1200. The highest BCUT2D eigenvalue weighted by Crippen LogP contribution is 2.32. The molecule has 0 N–H and O–H groups in total. The van der Waals surface area contributed by atoms with Gasteiger partial charge in [0.25, 0.3) is 0 Å². The van der Waals surface area contributed by atoms with Crippen LogP contribution in [0.5, 0.6) is 0 Å². The van der Waals surface area contributed by atoms with Crippen molar-refractivity contribution in [3.8, 4) is 5.82 Å². The van der Waals surface area contributed by atoms with Crippen LogP contribution in [0.1, 0.15) is 5.56 Å². The van der Waals surface area contributed by atoms with E-state index in [1.165, 1.54) is 15.2 Å². The summed E-state index contributed by atoms with van der Waals surface area (Å²) in [5.74, 6) is -0.0284. The van der Waals surface area contributed by atoms with Crippen LogP contribution >= 0.6 is 11.6 Å². The Morgan fingerprint density at radius 3 is 2.40 bits per heavy atom. The molecule has 0 aliphatic carbocycles. The number of alkyl halides is 3. The lowest BCUT2D eigenvalue weighted by Gasteiger charge is -2.34. The van der Waals surface area contributed by atoms with E-state index in [9.17, 15) is 21.6 Å². The normalized spacial score (nSPS) is 16.4. The first-order valence-electron chi connectivity index (χ1n) is 8.95. The number of hydrogen-bond acceptors (Lipinski definition) is 5. The molecule has 1 aromatic carbocycles. The molecule has 0 atom stereocenters. The second-order valence-corrected chi connectivity index (χ2v) is 9.35. The zero-order valence-corrected chi connectivity index (χ0v) is 17.3. The van der Waals surface area contributed by atoms with Crippen LogP contribution in [-0.2, 0) is 16.2 Å². The molecule has 0 saturated carbocycles. The summed E-state index contributed by atoms with van der Waals surface area (Å²) in [6.45, 7) is 1.86. The summed E-state index contributed by atoms with van der Waals surface area (Å²) in [6.07, 6.45) is -1.82. The molecule has 1 saturated heterocycles. The predicted molar refractivity (Wildman–Crippen MR) is 108 cm³/mol. The number of nitrogens with zero attached hydrogens (tertiary/aromatic N) is 5. The molecule has 1 aliphatic heterocycles. The van der Waals surface area contributed by atoms with E-state index < -0.39 is 21.8 Å². The Balaban J connectivity index is 1.63. The van der Waals surface area contributed by atoms with Crippen molar-refractivity contribution in [2.24, 2.45) is 0 Å². The van der Waals surface area contributed by atoms with Gasteiger partial charge in [-0.3, -0.25) is 0 Å². The molecular formula is C18H17ClF3N5O2S. The number of piperazine rings is 1. The predicted octanol–water partition coefficient (Wildman–Crippen LogP) is 3.17. The first kappa shape index (κ1) is 20.9. The first-order chi connectivity index (χ1) is 14.0. The van der Waals surface area contributed by atoms with Crippen molar-refractivity contribution in [2.75, 3.05) is 37.3 Å². The standard InChI is InChI=1S/C18H17ClF3N5O2S/c1-30(28,29)26-6-4-25(5-7-26)14-2-3-15-12(8-14)11-23-27(15)17-10-13(18(20,21)22)9-16(19)24-17/h2-3,8-11H,4-7H2,1H3. The van der Waals surface area contributed by atoms with Crippen molar-refractivity contribution in [3.05, 3.63) is 47.2 Å². The van der Waals surface area contributed by atoms with E-state index in [1.807, 2.05) is 12.1 Å². The van der Waals surface area contributed by atoms with Crippen LogP contribution in [0.4, 0.5) is 18.9 Å². The van der Waals surface area contributed by atoms with Gasteiger partial charge in [-0.25, -0.2) is 18.1 Å². The molecule has 30 heavy (non-hydrogen) atoms. The second-order valence-electron chi connectivity index (χ2n) is 6.98. The number of aromatic nitrogens is 3. The van der Waals surface area contributed by atoms with Crippen molar-refractivity contribution in [2.45, 2.75) is 6.18 Å². The van der Waals surface area contributed by atoms with Crippen LogP contribution in [0.15, 0.2) is 36.5 Å². The highest BCUT2D eigenvalue weighted by molar-refractivity contribution is 7.88. The zero-order valence-electron chi connectivity index (χ0n) is 15.8. The largest absolute Gasteiger partial charge is 0.416 e. The SMILES string of the molecule is CS(=O)(=O)N1CCN(c2ccc3c(cnn3-c3cc(C(F)(F)F)cc(Cl)n3)c2)CC1. The second kappa shape index (κ2) is 7.40. The lowest BCUT2D eigenvalue weighted by molar-refractivity contribution is -0.137. The summed E-state index contributed by atoms with van der Waals surface area (Å²) in [7, 11) is -3.22. The molecule has 0 unspecified atom stereocenters. The molecule has 7 nitrogen and oxygen atoms in total. The van der Waals surface area contributed by atoms with E-state index in [-0.39, 0.29) is 11.0 Å². The Morgan fingerprint density at radius 2 is 1.77 bits per heavy atom. The third-order valence-electron chi connectivity index (χ3n) is 4.95.